The molecule has 0 atom stereocenters. The maximum atomic E-state index is 5.30. The van der Waals surface area contributed by atoms with Crippen LogP contribution in [0.4, 0.5) is 0 Å². The summed E-state index contributed by atoms with van der Waals surface area (Å²) < 4.78 is 6.44. The van der Waals surface area contributed by atoms with Crippen LogP contribution in [0.2, 0.25) is 0 Å². The second-order valence-electron chi connectivity index (χ2n) is 4.16. The van der Waals surface area contributed by atoms with Gasteiger partial charge in [-0.15, -0.1) is 11.3 Å². The summed E-state index contributed by atoms with van der Waals surface area (Å²) in [5.74, 6) is 1.82. The average molecular weight is 356 g/mol. The van der Waals surface area contributed by atoms with E-state index in [1.807, 2.05) is 18.2 Å². The van der Waals surface area contributed by atoms with Gasteiger partial charge >= 0.3 is 0 Å². The monoisotopic (exact) mass is 355 g/mol. The first-order valence-corrected chi connectivity index (χ1v) is 8.17. The van der Waals surface area contributed by atoms with Crippen LogP contribution < -0.4 is 10.6 Å². The standard InChI is InChI=1S/C14H18BrN3OS/c1-2-16-14(17-8-7-11-4-3-9-19-11)18-10-12-5-6-13(15)20-12/h3-6,9H,2,7-8,10H2,1H3,(H2,16,17,18). The van der Waals surface area contributed by atoms with Gasteiger partial charge in [0.2, 0.25) is 0 Å². The molecule has 2 aromatic rings. The number of rotatable bonds is 6. The molecule has 0 radical (unpaired) electrons. The van der Waals surface area contributed by atoms with Crippen molar-refractivity contribution in [1.82, 2.24) is 10.6 Å². The smallest absolute Gasteiger partial charge is 0.191 e. The average Bonchev–Trinajstić information content (AvgIpc) is 3.07. The van der Waals surface area contributed by atoms with Crippen molar-refractivity contribution in [3.63, 3.8) is 0 Å². The number of nitrogens with zero attached hydrogens (tertiary/aromatic N) is 1. The van der Waals surface area contributed by atoms with E-state index in [1.165, 1.54) is 4.88 Å². The van der Waals surface area contributed by atoms with E-state index >= 15 is 0 Å². The minimum Gasteiger partial charge on any atom is -0.469 e. The Balaban J connectivity index is 1.82. The van der Waals surface area contributed by atoms with Crippen LogP contribution in [0.1, 0.15) is 17.6 Å². The lowest BCUT2D eigenvalue weighted by Crippen LogP contribution is -2.38. The molecule has 2 heterocycles. The van der Waals surface area contributed by atoms with Gasteiger partial charge in [0.25, 0.3) is 0 Å². The van der Waals surface area contributed by atoms with Crippen LogP contribution in [-0.4, -0.2) is 19.0 Å². The van der Waals surface area contributed by atoms with Gasteiger partial charge in [0, 0.05) is 24.4 Å². The SMILES string of the molecule is CCNC(=NCc1ccc(Br)s1)NCCc1ccco1. The van der Waals surface area contributed by atoms with E-state index in [1.54, 1.807) is 17.6 Å². The lowest BCUT2D eigenvalue weighted by Gasteiger charge is -2.10. The third kappa shape index (κ3) is 5.02. The molecule has 108 valence electrons. The summed E-state index contributed by atoms with van der Waals surface area (Å²) in [6.07, 6.45) is 2.55. The molecule has 0 bridgehead atoms. The molecular weight excluding hydrogens is 338 g/mol. The van der Waals surface area contributed by atoms with Gasteiger partial charge in [-0.2, -0.15) is 0 Å². The Labute approximate surface area is 131 Å². The van der Waals surface area contributed by atoms with Gasteiger partial charge in [0.05, 0.1) is 16.6 Å². The molecule has 0 amide bonds. The van der Waals surface area contributed by atoms with Gasteiger partial charge in [0.15, 0.2) is 5.96 Å². The number of hydrogen-bond acceptors (Lipinski definition) is 3. The fourth-order valence-electron chi connectivity index (χ4n) is 1.69. The van der Waals surface area contributed by atoms with Crippen LogP contribution in [-0.2, 0) is 13.0 Å². The first-order valence-electron chi connectivity index (χ1n) is 6.56. The van der Waals surface area contributed by atoms with E-state index in [4.69, 9.17) is 4.42 Å². The summed E-state index contributed by atoms with van der Waals surface area (Å²) in [4.78, 5) is 5.81. The summed E-state index contributed by atoms with van der Waals surface area (Å²) in [7, 11) is 0. The molecule has 2 rings (SSSR count). The van der Waals surface area contributed by atoms with Gasteiger partial charge in [-0.05, 0) is 47.1 Å². The number of halogens is 1. The van der Waals surface area contributed by atoms with Crippen molar-refractivity contribution in [1.29, 1.82) is 0 Å². The van der Waals surface area contributed by atoms with E-state index < -0.39 is 0 Å². The van der Waals surface area contributed by atoms with Gasteiger partial charge in [0.1, 0.15) is 5.76 Å². The zero-order valence-electron chi connectivity index (χ0n) is 11.4. The highest BCUT2D eigenvalue weighted by molar-refractivity contribution is 9.11. The first-order chi connectivity index (χ1) is 9.78. The molecule has 0 spiro atoms. The summed E-state index contributed by atoms with van der Waals surface area (Å²) >= 11 is 5.17. The largest absolute Gasteiger partial charge is 0.469 e. The van der Waals surface area contributed by atoms with E-state index in [-0.39, 0.29) is 0 Å². The van der Waals surface area contributed by atoms with Crippen LogP contribution >= 0.6 is 27.3 Å². The van der Waals surface area contributed by atoms with Crippen LogP contribution in [0.5, 0.6) is 0 Å². The maximum Gasteiger partial charge on any atom is 0.191 e. The van der Waals surface area contributed by atoms with Crippen molar-refractivity contribution >= 4 is 33.2 Å². The molecule has 0 aromatic carbocycles. The fraction of sp³-hybridized carbons (Fsp3) is 0.357. The molecule has 2 N–H and O–H groups in total. The third-order valence-electron chi connectivity index (χ3n) is 2.61. The van der Waals surface area contributed by atoms with Gasteiger partial charge < -0.3 is 15.1 Å². The van der Waals surface area contributed by atoms with E-state index in [0.717, 1.165) is 35.0 Å². The molecule has 4 nitrogen and oxygen atoms in total. The molecule has 20 heavy (non-hydrogen) atoms. The molecule has 0 saturated heterocycles. The molecular formula is C14H18BrN3OS. The molecule has 2 aromatic heterocycles. The predicted molar refractivity (Wildman–Crippen MR) is 87.2 cm³/mol. The minimum atomic E-state index is 0.687. The van der Waals surface area contributed by atoms with E-state index in [9.17, 15) is 0 Å². The number of guanidine groups is 1. The van der Waals surface area contributed by atoms with E-state index in [0.29, 0.717) is 6.54 Å². The number of nitrogens with one attached hydrogen (secondary N) is 2. The summed E-state index contributed by atoms with van der Waals surface area (Å²) in [5.41, 5.74) is 0. The minimum absolute atomic E-state index is 0.687. The molecule has 6 heteroatoms. The van der Waals surface area contributed by atoms with Gasteiger partial charge in [-0.25, -0.2) is 4.99 Å². The van der Waals surface area contributed by atoms with Gasteiger partial charge in [-0.1, -0.05) is 0 Å². The topological polar surface area (TPSA) is 49.6 Å². The highest BCUT2D eigenvalue weighted by Crippen LogP contribution is 2.22. The molecule has 0 aliphatic rings. The lowest BCUT2D eigenvalue weighted by atomic mass is 10.3. The second kappa shape index (κ2) is 8.11. The quantitative estimate of drug-likeness (QED) is 0.616. The van der Waals surface area contributed by atoms with Crippen LogP contribution in [0.15, 0.2) is 43.7 Å². The van der Waals surface area contributed by atoms with Crippen molar-refractivity contribution in [3.05, 3.63) is 45.0 Å². The lowest BCUT2D eigenvalue weighted by molar-refractivity contribution is 0.507. The Hall–Kier alpha value is -1.27. The highest BCUT2D eigenvalue weighted by Gasteiger charge is 2.01. The van der Waals surface area contributed by atoms with Crippen molar-refractivity contribution in [2.45, 2.75) is 19.9 Å². The zero-order chi connectivity index (χ0) is 14.2. The van der Waals surface area contributed by atoms with Crippen LogP contribution in [0, 0.1) is 0 Å². The summed E-state index contributed by atoms with van der Waals surface area (Å²) in [6, 6.07) is 8.02. The number of aliphatic imine (C=N–C) groups is 1. The van der Waals surface area contributed by atoms with Gasteiger partial charge in [-0.3, -0.25) is 0 Å². The highest BCUT2D eigenvalue weighted by atomic mass is 79.9. The summed E-state index contributed by atoms with van der Waals surface area (Å²) in [5, 5.41) is 6.55. The molecule has 0 unspecified atom stereocenters. The number of furan rings is 1. The zero-order valence-corrected chi connectivity index (χ0v) is 13.8. The van der Waals surface area contributed by atoms with Crippen LogP contribution in [0.25, 0.3) is 0 Å². The normalized spacial score (nSPS) is 11.6. The van der Waals surface area contributed by atoms with Crippen molar-refractivity contribution in [3.8, 4) is 0 Å². The Morgan fingerprint density at radius 1 is 1.35 bits per heavy atom. The first kappa shape index (κ1) is 15.1. The Morgan fingerprint density at radius 2 is 2.25 bits per heavy atom. The Morgan fingerprint density at radius 3 is 2.90 bits per heavy atom. The number of hydrogen-bond donors (Lipinski definition) is 2. The van der Waals surface area contributed by atoms with Crippen molar-refractivity contribution in [2.75, 3.05) is 13.1 Å². The van der Waals surface area contributed by atoms with Crippen molar-refractivity contribution < 1.29 is 4.42 Å². The third-order valence-corrected chi connectivity index (χ3v) is 4.22. The molecule has 0 aliphatic carbocycles. The fourth-order valence-corrected chi connectivity index (χ4v) is 3.10. The van der Waals surface area contributed by atoms with Crippen LogP contribution in [0.3, 0.4) is 0 Å². The second-order valence-corrected chi connectivity index (χ2v) is 6.70. The van der Waals surface area contributed by atoms with E-state index in [2.05, 4.69) is 44.5 Å². The number of thiophene rings is 1. The molecule has 0 fully saturated rings. The Bertz CT molecular complexity index is 536. The van der Waals surface area contributed by atoms with Crippen molar-refractivity contribution in [2.24, 2.45) is 4.99 Å². The molecule has 0 aliphatic heterocycles. The maximum absolute atomic E-state index is 5.30. The Kier molecular flexibility index (Phi) is 6.14. The molecule has 0 saturated carbocycles. The predicted octanol–water partition coefficient (Wildman–Crippen LogP) is 3.40. The summed E-state index contributed by atoms with van der Waals surface area (Å²) in [6.45, 7) is 4.39.